The average Bonchev–Trinajstić information content (AvgIpc) is 3.66. The van der Waals surface area contributed by atoms with Crippen LogP contribution in [0.25, 0.3) is 22.6 Å². The lowest BCUT2D eigenvalue weighted by atomic mass is 9.95. The van der Waals surface area contributed by atoms with Gasteiger partial charge in [-0.1, -0.05) is 88.2 Å². The minimum atomic E-state index is -1.30. The van der Waals surface area contributed by atoms with Gasteiger partial charge in [0.15, 0.2) is 5.84 Å². The van der Waals surface area contributed by atoms with Gasteiger partial charge in [-0.05, 0) is 41.3 Å². The standard InChI is InChI=1S/C29H25FN6O3.C3H8/c1-2-8-25-23(27(37)35(20-9-4-3-5-10-20)28-31-17-32-36(25)28)15-19-14-13-18(16-24(19)30)21-11-6-7-12-22(21)26-33-29(38)39-34-26;1-3-2/h3-7,9-14,16-17,29,38H,2,8,15H2,1H3,(H,33,34);3H2,1-2H3. The highest BCUT2D eigenvalue weighted by Gasteiger charge is 2.22. The van der Waals surface area contributed by atoms with Crippen molar-refractivity contribution in [1.29, 1.82) is 0 Å². The van der Waals surface area contributed by atoms with Gasteiger partial charge in [0.25, 0.3) is 12.0 Å². The van der Waals surface area contributed by atoms with Crippen molar-refractivity contribution in [2.45, 2.75) is 52.9 Å². The molecule has 1 atom stereocenters. The van der Waals surface area contributed by atoms with Crippen molar-refractivity contribution in [2.75, 3.05) is 0 Å². The van der Waals surface area contributed by atoms with E-state index in [1.54, 1.807) is 10.6 Å². The zero-order valence-corrected chi connectivity index (χ0v) is 23.8. The molecule has 2 N–H and O–H groups in total. The van der Waals surface area contributed by atoms with E-state index in [0.29, 0.717) is 51.5 Å². The molecule has 9 nitrogen and oxygen atoms in total. The number of aliphatic hydroxyl groups excluding tert-OH is 1. The molecule has 1 aliphatic rings. The van der Waals surface area contributed by atoms with Crippen molar-refractivity contribution in [3.8, 4) is 16.8 Å². The van der Waals surface area contributed by atoms with Crippen LogP contribution in [-0.2, 0) is 17.7 Å². The summed E-state index contributed by atoms with van der Waals surface area (Å²) in [5.74, 6) is 0.337. The third-order valence-electron chi connectivity index (χ3n) is 6.71. The SMILES string of the molecule is CCC.CCCc1c(Cc2ccc(-c3ccccc3C3=NC(O)ON3)cc2F)c(=O)n(-c2ccccc2)c2ncnn12. The number of benzene rings is 3. The lowest BCUT2D eigenvalue weighted by Gasteiger charge is -2.16. The molecule has 0 radical (unpaired) electrons. The number of halogens is 1. The van der Waals surface area contributed by atoms with Gasteiger partial charge in [0, 0.05) is 17.5 Å². The van der Waals surface area contributed by atoms with Crippen LogP contribution in [0.1, 0.15) is 56.0 Å². The van der Waals surface area contributed by atoms with Crippen LogP contribution < -0.4 is 11.0 Å². The number of hydrogen-bond donors (Lipinski definition) is 2. The van der Waals surface area contributed by atoms with E-state index in [4.69, 9.17) is 4.84 Å². The molecule has 0 spiro atoms. The maximum absolute atomic E-state index is 15.7. The highest BCUT2D eigenvalue weighted by molar-refractivity contribution is 6.04. The van der Waals surface area contributed by atoms with Crippen LogP contribution in [-0.4, -0.2) is 36.5 Å². The van der Waals surface area contributed by atoms with Gasteiger partial charge < -0.3 is 5.11 Å². The molecule has 42 heavy (non-hydrogen) atoms. The van der Waals surface area contributed by atoms with Gasteiger partial charge in [0.1, 0.15) is 12.1 Å². The zero-order valence-electron chi connectivity index (χ0n) is 23.8. The van der Waals surface area contributed by atoms with Crippen LogP contribution in [0.5, 0.6) is 0 Å². The molecule has 0 saturated heterocycles. The van der Waals surface area contributed by atoms with Crippen LogP contribution in [0, 0.1) is 5.82 Å². The zero-order chi connectivity index (χ0) is 29.6. The summed E-state index contributed by atoms with van der Waals surface area (Å²) in [6, 6.07) is 21.5. The van der Waals surface area contributed by atoms with Crippen LogP contribution in [0.15, 0.2) is 88.9 Å². The van der Waals surface area contributed by atoms with Gasteiger partial charge in [-0.2, -0.15) is 10.1 Å². The largest absolute Gasteiger partial charge is 0.348 e. The molecule has 6 rings (SSSR count). The lowest BCUT2D eigenvalue weighted by Crippen LogP contribution is -2.28. The van der Waals surface area contributed by atoms with Crippen LogP contribution in [0.4, 0.5) is 4.39 Å². The Balaban J connectivity index is 0.00000113. The Morgan fingerprint density at radius 2 is 1.71 bits per heavy atom. The first kappa shape index (κ1) is 28.8. The number of hydroxylamine groups is 1. The monoisotopic (exact) mass is 568 g/mol. The number of hydrogen-bond acceptors (Lipinski definition) is 7. The van der Waals surface area contributed by atoms with E-state index in [2.05, 4.69) is 34.4 Å². The molecule has 3 aromatic carbocycles. The minimum Gasteiger partial charge on any atom is -0.348 e. The summed E-state index contributed by atoms with van der Waals surface area (Å²) in [5, 5.41) is 14.0. The molecule has 1 aliphatic heterocycles. The predicted octanol–water partition coefficient (Wildman–Crippen LogP) is 5.20. The van der Waals surface area contributed by atoms with Crippen molar-refractivity contribution in [3.63, 3.8) is 0 Å². The molecule has 2 aromatic heterocycles. The van der Waals surface area contributed by atoms with Gasteiger partial charge in [0.2, 0.25) is 5.78 Å². The number of aliphatic hydroxyl groups is 1. The second-order valence-electron chi connectivity index (χ2n) is 9.88. The van der Waals surface area contributed by atoms with Crippen molar-refractivity contribution in [2.24, 2.45) is 4.99 Å². The molecule has 10 heteroatoms. The summed E-state index contributed by atoms with van der Waals surface area (Å²) < 4.78 is 18.9. The second-order valence-corrected chi connectivity index (χ2v) is 9.88. The molecule has 0 saturated carbocycles. The first-order valence-electron chi connectivity index (χ1n) is 14.0. The van der Waals surface area contributed by atoms with Crippen molar-refractivity contribution in [3.05, 3.63) is 118 Å². The molecule has 5 aromatic rings. The normalized spacial score (nSPS) is 14.3. The van der Waals surface area contributed by atoms with Crippen LogP contribution >= 0.6 is 0 Å². The Bertz CT molecular complexity index is 1780. The molecular weight excluding hydrogens is 535 g/mol. The van der Waals surface area contributed by atoms with E-state index in [9.17, 15) is 9.90 Å². The number of nitrogens with one attached hydrogen (secondary N) is 1. The van der Waals surface area contributed by atoms with Crippen molar-refractivity contribution >= 4 is 11.6 Å². The van der Waals surface area contributed by atoms with Crippen LogP contribution in [0.2, 0.25) is 0 Å². The fraction of sp³-hybridized carbons (Fsp3) is 0.250. The number of amidine groups is 1. The Labute approximate surface area is 242 Å². The molecule has 0 fully saturated rings. The van der Waals surface area contributed by atoms with Gasteiger partial charge in [0.05, 0.1) is 11.4 Å². The lowest BCUT2D eigenvalue weighted by molar-refractivity contribution is -0.102. The Morgan fingerprint density at radius 1 is 1.00 bits per heavy atom. The van der Waals surface area contributed by atoms with Gasteiger partial charge >= 0.3 is 0 Å². The van der Waals surface area contributed by atoms with E-state index in [-0.39, 0.29) is 12.0 Å². The van der Waals surface area contributed by atoms with Gasteiger partial charge in [-0.3, -0.25) is 4.79 Å². The summed E-state index contributed by atoms with van der Waals surface area (Å²) in [5.41, 5.74) is 6.60. The number of nitrogens with zero attached hydrogens (tertiary/aromatic N) is 5. The predicted molar refractivity (Wildman–Crippen MR) is 160 cm³/mol. The Kier molecular flexibility index (Phi) is 8.85. The Morgan fingerprint density at radius 3 is 2.38 bits per heavy atom. The third kappa shape index (κ3) is 5.72. The maximum Gasteiger partial charge on any atom is 0.280 e. The topological polar surface area (TPSA) is 106 Å². The number of aromatic nitrogens is 4. The van der Waals surface area contributed by atoms with E-state index in [1.807, 2.05) is 67.6 Å². The molecule has 0 aliphatic carbocycles. The number of aliphatic imine (C=N–C) groups is 1. The molecule has 0 amide bonds. The van der Waals surface area contributed by atoms with Crippen molar-refractivity contribution < 1.29 is 14.3 Å². The van der Waals surface area contributed by atoms with E-state index in [0.717, 1.165) is 12.1 Å². The smallest absolute Gasteiger partial charge is 0.280 e. The number of fused-ring (bicyclic) bond motifs is 1. The summed E-state index contributed by atoms with van der Waals surface area (Å²) in [4.78, 5) is 27.2. The fourth-order valence-corrected chi connectivity index (χ4v) is 4.92. The maximum atomic E-state index is 15.7. The van der Waals surface area contributed by atoms with E-state index < -0.39 is 12.2 Å². The highest BCUT2D eigenvalue weighted by atomic mass is 19.1. The summed E-state index contributed by atoms with van der Waals surface area (Å²) in [6.45, 7) is 6.27. The minimum absolute atomic E-state index is 0.0961. The number of rotatable bonds is 7. The van der Waals surface area contributed by atoms with Crippen molar-refractivity contribution in [1.82, 2.24) is 24.6 Å². The summed E-state index contributed by atoms with van der Waals surface area (Å²) >= 11 is 0. The van der Waals surface area contributed by atoms with Crippen LogP contribution in [0.3, 0.4) is 0 Å². The van der Waals surface area contributed by atoms with Gasteiger partial charge in [-0.25, -0.2) is 28.8 Å². The van der Waals surface area contributed by atoms with E-state index >= 15 is 4.39 Å². The third-order valence-corrected chi connectivity index (χ3v) is 6.71. The summed E-state index contributed by atoms with van der Waals surface area (Å²) in [7, 11) is 0. The number of aryl methyl sites for hydroxylation is 1. The molecule has 0 bridgehead atoms. The molecular formula is C32H33FN6O3. The Hall–Kier alpha value is -4.67. The first-order chi connectivity index (χ1) is 20.5. The number of para-hydroxylation sites is 1. The summed E-state index contributed by atoms with van der Waals surface area (Å²) in [6.07, 6.45) is 2.85. The average molecular weight is 569 g/mol. The highest BCUT2D eigenvalue weighted by Crippen LogP contribution is 2.28. The quantitative estimate of drug-likeness (QED) is 0.280. The van der Waals surface area contributed by atoms with Gasteiger partial charge in [-0.15, -0.1) is 0 Å². The second kappa shape index (κ2) is 12.9. The molecule has 1 unspecified atom stereocenters. The fourth-order valence-electron chi connectivity index (χ4n) is 4.92. The molecule has 216 valence electrons. The molecule has 3 heterocycles. The first-order valence-corrected chi connectivity index (χ1v) is 14.0. The van der Waals surface area contributed by atoms with E-state index in [1.165, 1.54) is 23.4 Å².